The molecule has 4 rings (SSSR count). The molecule has 1 fully saturated rings. The zero-order valence-corrected chi connectivity index (χ0v) is 19.4. The van der Waals surface area contributed by atoms with Crippen LogP contribution in [0.2, 0.25) is 0 Å². The number of anilines is 1. The number of nitrogens with one attached hydrogen (secondary N) is 2. The van der Waals surface area contributed by atoms with Gasteiger partial charge in [-0.3, -0.25) is 4.79 Å². The second-order valence-electron chi connectivity index (χ2n) is 8.64. The van der Waals surface area contributed by atoms with Crippen molar-refractivity contribution in [3.63, 3.8) is 0 Å². The third-order valence-electron chi connectivity index (χ3n) is 6.35. The van der Waals surface area contributed by atoms with Crippen molar-refractivity contribution in [2.24, 2.45) is 5.16 Å². The van der Waals surface area contributed by atoms with Gasteiger partial charge in [0.2, 0.25) is 0 Å². The molecule has 11 heteroatoms. The van der Waals surface area contributed by atoms with Crippen LogP contribution in [0.1, 0.15) is 67.1 Å². The van der Waals surface area contributed by atoms with Gasteiger partial charge in [-0.15, -0.1) is 0 Å². The average molecular weight is 489 g/mol. The minimum absolute atomic E-state index is 0.0648. The number of pyridine rings is 1. The molecule has 8 nitrogen and oxygen atoms in total. The Labute approximate surface area is 200 Å². The Hall–Kier alpha value is -3.63. The van der Waals surface area contributed by atoms with Gasteiger partial charge in [-0.2, -0.15) is 18.3 Å². The maximum Gasteiger partial charge on any atom is 0.416 e. The first-order chi connectivity index (χ1) is 16.7. The molecule has 3 aromatic rings. The molecule has 2 aromatic heterocycles. The number of aromatic nitrogens is 3. The topological polar surface area (TPSA) is 104 Å². The molecule has 1 atom stereocenters. The van der Waals surface area contributed by atoms with Gasteiger partial charge in [-0.05, 0) is 57.2 Å². The lowest BCUT2D eigenvalue weighted by atomic mass is 9.93. The SMILES string of the molecule is CCn1ncc2c(NC3CCC(=NO)CC3)c(C(=O)NC(C)c3ccc(C(F)(F)F)cc3)cnc21. The normalized spacial score (nSPS) is 17.3. The van der Waals surface area contributed by atoms with Gasteiger partial charge in [0, 0.05) is 18.8 Å². The number of aryl methyl sites for hydroxylation is 1. The summed E-state index contributed by atoms with van der Waals surface area (Å²) in [7, 11) is 0. The van der Waals surface area contributed by atoms with E-state index in [1.807, 2.05) is 6.92 Å². The van der Waals surface area contributed by atoms with Crippen LogP contribution in [0, 0.1) is 0 Å². The quantitative estimate of drug-likeness (QED) is 0.329. The number of rotatable bonds is 6. The van der Waals surface area contributed by atoms with Gasteiger partial charge in [0.1, 0.15) is 0 Å². The Morgan fingerprint density at radius 2 is 1.91 bits per heavy atom. The van der Waals surface area contributed by atoms with Crippen LogP contribution in [0.3, 0.4) is 0 Å². The van der Waals surface area contributed by atoms with Crippen LogP contribution in [0.5, 0.6) is 0 Å². The van der Waals surface area contributed by atoms with Crippen molar-refractivity contribution in [2.45, 2.75) is 64.3 Å². The van der Waals surface area contributed by atoms with Gasteiger partial charge < -0.3 is 15.8 Å². The Balaban J connectivity index is 1.59. The van der Waals surface area contributed by atoms with Crippen molar-refractivity contribution >= 4 is 28.3 Å². The highest BCUT2D eigenvalue weighted by Gasteiger charge is 2.30. The highest BCUT2D eigenvalue weighted by atomic mass is 19.4. The maximum atomic E-state index is 13.3. The molecule has 35 heavy (non-hydrogen) atoms. The van der Waals surface area contributed by atoms with Gasteiger partial charge in [0.15, 0.2) is 5.65 Å². The van der Waals surface area contributed by atoms with Crippen molar-refractivity contribution in [1.82, 2.24) is 20.1 Å². The number of carbonyl (C=O) groups excluding carboxylic acids is 1. The number of nitrogens with zero attached hydrogens (tertiary/aromatic N) is 4. The number of oxime groups is 1. The lowest BCUT2D eigenvalue weighted by Gasteiger charge is -2.26. The number of hydrogen-bond acceptors (Lipinski definition) is 6. The molecule has 1 aliphatic carbocycles. The van der Waals surface area contributed by atoms with Crippen molar-refractivity contribution in [3.8, 4) is 0 Å². The molecule has 1 amide bonds. The number of fused-ring (bicyclic) bond motifs is 1. The minimum atomic E-state index is -4.42. The van der Waals surface area contributed by atoms with Crippen LogP contribution >= 0.6 is 0 Å². The molecule has 0 bridgehead atoms. The number of alkyl halides is 3. The van der Waals surface area contributed by atoms with Gasteiger partial charge in [-0.1, -0.05) is 17.3 Å². The monoisotopic (exact) mass is 488 g/mol. The van der Waals surface area contributed by atoms with Crippen LogP contribution < -0.4 is 10.6 Å². The first-order valence-corrected chi connectivity index (χ1v) is 11.5. The molecule has 0 spiro atoms. The van der Waals surface area contributed by atoms with E-state index in [0.29, 0.717) is 47.2 Å². The molecule has 186 valence electrons. The van der Waals surface area contributed by atoms with E-state index < -0.39 is 23.7 Å². The van der Waals surface area contributed by atoms with E-state index >= 15 is 0 Å². The van der Waals surface area contributed by atoms with Crippen molar-refractivity contribution in [3.05, 3.63) is 53.3 Å². The maximum absolute atomic E-state index is 13.3. The van der Waals surface area contributed by atoms with Crippen LogP contribution in [-0.2, 0) is 12.7 Å². The molecule has 1 unspecified atom stereocenters. The standard InChI is InChI=1S/C24H27F3N6O2/c1-3-33-22-19(13-29-33)21(31-17-8-10-18(32-35)11-9-17)20(12-28-22)23(34)30-14(2)15-4-6-16(7-5-15)24(25,26)27/h4-7,12-14,17,35H,3,8-11H2,1-2H3,(H,28,31)(H,30,34). The molecule has 0 radical (unpaired) electrons. The molecule has 1 saturated carbocycles. The lowest BCUT2D eigenvalue weighted by Crippen LogP contribution is -2.30. The van der Waals surface area contributed by atoms with Crippen molar-refractivity contribution in [1.29, 1.82) is 0 Å². The third-order valence-corrected chi connectivity index (χ3v) is 6.35. The molecule has 0 saturated heterocycles. The van der Waals surface area contributed by atoms with E-state index in [1.165, 1.54) is 18.3 Å². The van der Waals surface area contributed by atoms with E-state index in [4.69, 9.17) is 5.21 Å². The zero-order chi connectivity index (χ0) is 25.2. The summed E-state index contributed by atoms with van der Waals surface area (Å²) in [5, 5.41) is 23.8. The Morgan fingerprint density at radius 3 is 2.51 bits per heavy atom. The molecule has 1 aromatic carbocycles. The second-order valence-corrected chi connectivity index (χ2v) is 8.64. The van der Waals surface area contributed by atoms with Crippen LogP contribution in [0.15, 0.2) is 41.8 Å². The highest BCUT2D eigenvalue weighted by molar-refractivity contribution is 6.06. The summed E-state index contributed by atoms with van der Waals surface area (Å²) in [6.45, 7) is 4.28. The Kier molecular flexibility index (Phi) is 6.95. The second kappa shape index (κ2) is 9.93. The van der Waals surface area contributed by atoms with E-state index in [-0.39, 0.29) is 6.04 Å². The van der Waals surface area contributed by atoms with Gasteiger partial charge >= 0.3 is 6.18 Å². The van der Waals surface area contributed by atoms with Gasteiger partial charge in [0.25, 0.3) is 5.91 Å². The predicted molar refractivity (Wildman–Crippen MR) is 126 cm³/mol. The first-order valence-electron chi connectivity index (χ1n) is 11.5. The summed E-state index contributed by atoms with van der Waals surface area (Å²) in [6, 6.07) is 4.28. The van der Waals surface area contributed by atoms with E-state index in [2.05, 4.69) is 25.9 Å². The lowest BCUT2D eigenvalue weighted by molar-refractivity contribution is -0.137. The minimum Gasteiger partial charge on any atom is -0.411 e. The first kappa shape index (κ1) is 24.5. The number of amides is 1. The predicted octanol–water partition coefficient (Wildman–Crippen LogP) is 5.15. The summed E-state index contributed by atoms with van der Waals surface area (Å²) in [4.78, 5) is 17.7. The fourth-order valence-electron chi connectivity index (χ4n) is 4.30. The zero-order valence-electron chi connectivity index (χ0n) is 19.4. The summed E-state index contributed by atoms with van der Waals surface area (Å²) < 4.78 is 40.4. The summed E-state index contributed by atoms with van der Waals surface area (Å²) in [5.41, 5.74) is 2.16. The Bertz CT molecular complexity index is 1230. The number of benzene rings is 1. The Morgan fingerprint density at radius 1 is 1.23 bits per heavy atom. The summed E-state index contributed by atoms with van der Waals surface area (Å²) in [5.74, 6) is -0.396. The van der Waals surface area contributed by atoms with Crippen LogP contribution in [0.25, 0.3) is 11.0 Å². The largest absolute Gasteiger partial charge is 0.416 e. The van der Waals surface area contributed by atoms with Crippen molar-refractivity contribution in [2.75, 3.05) is 5.32 Å². The smallest absolute Gasteiger partial charge is 0.411 e. The van der Waals surface area contributed by atoms with E-state index in [1.54, 1.807) is 17.8 Å². The number of halogens is 3. The molecule has 2 heterocycles. The van der Waals surface area contributed by atoms with Crippen LogP contribution in [-0.4, -0.2) is 37.6 Å². The third kappa shape index (κ3) is 5.23. The van der Waals surface area contributed by atoms with Crippen molar-refractivity contribution < 1.29 is 23.2 Å². The van der Waals surface area contributed by atoms with Crippen LogP contribution in [0.4, 0.5) is 18.9 Å². The average Bonchev–Trinajstić information content (AvgIpc) is 3.28. The molecular weight excluding hydrogens is 461 g/mol. The number of hydrogen-bond donors (Lipinski definition) is 3. The summed E-state index contributed by atoms with van der Waals surface area (Å²) >= 11 is 0. The summed E-state index contributed by atoms with van der Waals surface area (Å²) in [6.07, 6.45) is 1.55. The molecule has 0 aliphatic heterocycles. The molecule has 3 N–H and O–H groups in total. The highest BCUT2D eigenvalue weighted by Crippen LogP contribution is 2.31. The fourth-order valence-corrected chi connectivity index (χ4v) is 4.30. The fraction of sp³-hybridized carbons (Fsp3) is 0.417. The number of carbonyl (C=O) groups is 1. The molecular formula is C24H27F3N6O2. The van der Waals surface area contributed by atoms with E-state index in [0.717, 1.165) is 30.7 Å². The van der Waals surface area contributed by atoms with Gasteiger partial charge in [0.05, 0.1) is 40.2 Å². The van der Waals surface area contributed by atoms with E-state index in [9.17, 15) is 18.0 Å². The molecule has 1 aliphatic rings. The van der Waals surface area contributed by atoms with Gasteiger partial charge in [-0.25, -0.2) is 9.67 Å².